The predicted molar refractivity (Wildman–Crippen MR) is 88.0 cm³/mol. The number of unbranched alkanes of at least 4 members (excludes halogenated alkanes) is 1. The Balaban J connectivity index is 2.42. The number of carbonyl (C=O) groups excluding carboxylic acids is 2. The lowest BCUT2D eigenvalue weighted by Gasteiger charge is -2.20. The third-order valence-corrected chi connectivity index (χ3v) is 3.28. The molecule has 1 rings (SSSR count). The fraction of sp³-hybridized carbons (Fsp3) is 0.529. The molecule has 0 bridgehead atoms. The minimum absolute atomic E-state index is 0.0160. The van der Waals surface area contributed by atoms with E-state index in [4.69, 9.17) is 4.74 Å². The van der Waals surface area contributed by atoms with Gasteiger partial charge >= 0.3 is 0 Å². The van der Waals surface area contributed by atoms with Crippen LogP contribution in [0.3, 0.4) is 0 Å². The van der Waals surface area contributed by atoms with E-state index >= 15 is 0 Å². The standard InChI is InChI=1S/C17H26N2O3/c1-4-6-12-19(14(3)20)13-11-17(21)18-15-7-9-16(10-8-15)22-5-2/h7-10H,4-6,11-13H2,1-3H3,(H,18,21). The maximum Gasteiger partial charge on any atom is 0.226 e. The molecule has 0 spiro atoms. The van der Waals surface area contributed by atoms with Gasteiger partial charge < -0.3 is 15.0 Å². The molecule has 0 saturated carbocycles. The lowest BCUT2D eigenvalue weighted by atomic mass is 10.2. The van der Waals surface area contributed by atoms with Crippen molar-refractivity contribution in [2.45, 2.75) is 40.0 Å². The van der Waals surface area contributed by atoms with Gasteiger partial charge in [-0.3, -0.25) is 9.59 Å². The summed E-state index contributed by atoms with van der Waals surface area (Å²) in [6.45, 7) is 7.33. The lowest BCUT2D eigenvalue weighted by Crippen LogP contribution is -2.32. The highest BCUT2D eigenvalue weighted by Gasteiger charge is 2.10. The minimum Gasteiger partial charge on any atom is -0.494 e. The Morgan fingerprint density at radius 2 is 1.82 bits per heavy atom. The number of benzene rings is 1. The topological polar surface area (TPSA) is 58.6 Å². The lowest BCUT2D eigenvalue weighted by molar-refractivity contribution is -0.129. The summed E-state index contributed by atoms with van der Waals surface area (Å²) in [5.74, 6) is 0.706. The van der Waals surface area contributed by atoms with Crippen LogP contribution in [0.25, 0.3) is 0 Å². The predicted octanol–water partition coefficient (Wildman–Crippen LogP) is 3.06. The van der Waals surface area contributed by atoms with Crippen molar-refractivity contribution in [3.05, 3.63) is 24.3 Å². The summed E-state index contributed by atoms with van der Waals surface area (Å²) >= 11 is 0. The summed E-state index contributed by atoms with van der Waals surface area (Å²) in [7, 11) is 0. The van der Waals surface area contributed by atoms with Crippen LogP contribution in [-0.2, 0) is 9.59 Å². The van der Waals surface area contributed by atoms with Gasteiger partial charge in [-0.15, -0.1) is 0 Å². The molecule has 1 aromatic rings. The monoisotopic (exact) mass is 306 g/mol. The fourth-order valence-electron chi connectivity index (χ4n) is 2.04. The summed E-state index contributed by atoms with van der Waals surface area (Å²) in [6.07, 6.45) is 2.29. The summed E-state index contributed by atoms with van der Waals surface area (Å²) in [5.41, 5.74) is 0.733. The second-order valence-corrected chi connectivity index (χ2v) is 5.12. The molecular weight excluding hydrogens is 280 g/mol. The molecule has 5 nitrogen and oxygen atoms in total. The van der Waals surface area contributed by atoms with Gasteiger partial charge in [0.05, 0.1) is 6.61 Å². The summed E-state index contributed by atoms with van der Waals surface area (Å²) in [4.78, 5) is 25.2. The van der Waals surface area contributed by atoms with E-state index < -0.39 is 0 Å². The number of nitrogens with zero attached hydrogens (tertiary/aromatic N) is 1. The highest BCUT2D eigenvalue weighted by atomic mass is 16.5. The third kappa shape index (κ3) is 6.61. The van der Waals surface area contributed by atoms with E-state index in [2.05, 4.69) is 12.2 Å². The maximum absolute atomic E-state index is 11.9. The van der Waals surface area contributed by atoms with Crippen LogP contribution in [0.2, 0.25) is 0 Å². The van der Waals surface area contributed by atoms with Gasteiger partial charge in [0.1, 0.15) is 5.75 Å². The first kappa shape index (κ1) is 18.0. The van der Waals surface area contributed by atoms with E-state index in [9.17, 15) is 9.59 Å². The molecule has 0 aliphatic rings. The molecule has 0 fully saturated rings. The summed E-state index contributed by atoms with van der Waals surface area (Å²) < 4.78 is 5.35. The second kappa shape index (κ2) is 9.82. The van der Waals surface area contributed by atoms with Crippen LogP contribution >= 0.6 is 0 Å². The first-order valence-electron chi connectivity index (χ1n) is 7.85. The highest BCUT2D eigenvalue weighted by Crippen LogP contribution is 2.15. The number of nitrogens with one attached hydrogen (secondary N) is 1. The summed E-state index contributed by atoms with van der Waals surface area (Å²) in [6, 6.07) is 7.26. The average Bonchev–Trinajstić information content (AvgIpc) is 2.49. The molecule has 122 valence electrons. The number of anilines is 1. The van der Waals surface area contributed by atoms with Crippen LogP contribution < -0.4 is 10.1 Å². The first-order chi connectivity index (χ1) is 10.6. The van der Waals surface area contributed by atoms with Gasteiger partial charge in [-0.2, -0.15) is 0 Å². The molecule has 2 amide bonds. The van der Waals surface area contributed by atoms with Crippen LogP contribution in [0.4, 0.5) is 5.69 Å². The molecule has 0 atom stereocenters. The molecule has 0 radical (unpaired) electrons. The van der Waals surface area contributed by atoms with Gasteiger partial charge in [0.2, 0.25) is 11.8 Å². The zero-order valence-corrected chi connectivity index (χ0v) is 13.7. The molecule has 1 aromatic carbocycles. The molecule has 0 heterocycles. The minimum atomic E-state index is -0.0908. The van der Waals surface area contributed by atoms with Crippen molar-refractivity contribution in [3.63, 3.8) is 0 Å². The molecular formula is C17H26N2O3. The van der Waals surface area contributed by atoms with E-state index in [0.717, 1.165) is 24.3 Å². The molecule has 0 unspecified atom stereocenters. The number of hydrogen-bond donors (Lipinski definition) is 1. The van der Waals surface area contributed by atoms with Crippen molar-refractivity contribution < 1.29 is 14.3 Å². The Kier molecular flexibility index (Phi) is 8.04. The average molecular weight is 306 g/mol. The maximum atomic E-state index is 11.9. The first-order valence-corrected chi connectivity index (χ1v) is 7.85. The van der Waals surface area contributed by atoms with Crippen LogP contribution in [0, 0.1) is 0 Å². The van der Waals surface area contributed by atoms with Crippen molar-refractivity contribution >= 4 is 17.5 Å². The molecule has 1 N–H and O–H groups in total. The van der Waals surface area contributed by atoms with Crippen molar-refractivity contribution in [3.8, 4) is 5.75 Å². The van der Waals surface area contributed by atoms with Gasteiger partial charge in [-0.1, -0.05) is 13.3 Å². The molecule has 0 saturated heterocycles. The Bertz CT molecular complexity index is 471. The number of rotatable bonds is 9. The molecule has 22 heavy (non-hydrogen) atoms. The molecule has 0 aromatic heterocycles. The summed E-state index contributed by atoms with van der Waals surface area (Å²) in [5, 5.41) is 2.83. The van der Waals surface area contributed by atoms with Gasteiger partial charge in [-0.25, -0.2) is 0 Å². The zero-order valence-electron chi connectivity index (χ0n) is 13.7. The molecule has 0 aliphatic carbocycles. The van der Waals surface area contributed by atoms with Crippen LogP contribution in [0.5, 0.6) is 5.75 Å². The van der Waals surface area contributed by atoms with Gasteiger partial charge in [-0.05, 0) is 37.6 Å². The van der Waals surface area contributed by atoms with Crippen molar-refractivity contribution in [2.24, 2.45) is 0 Å². The van der Waals surface area contributed by atoms with E-state index in [1.165, 1.54) is 0 Å². The smallest absolute Gasteiger partial charge is 0.226 e. The van der Waals surface area contributed by atoms with Crippen LogP contribution in [0.1, 0.15) is 40.0 Å². The third-order valence-electron chi connectivity index (χ3n) is 3.28. The van der Waals surface area contributed by atoms with Crippen molar-refractivity contribution in [2.75, 3.05) is 25.0 Å². The fourth-order valence-corrected chi connectivity index (χ4v) is 2.04. The van der Waals surface area contributed by atoms with E-state index in [0.29, 0.717) is 26.1 Å². The Morgan fingerprint density at radius 3 is 2.36 bits per heavy atom. The van der Waals surface area contributed by atoms with E-state index in [1.54, 1.807) is 11.8 Å². The van der Waals surface area contributed by atoms with E-state index in [1.807, 2.05) is 31.2 Å². The van der Waals surface area contributed by atoms with Crippen LogP contribution in [-0.4, -0.2) is 36.4 Å². The second-order valence-electron chi connectivity index (χ2n) is 5.12. The SMILES string of the molecule is CCCCN(CCC(=O)Nc1ccc(OCC)cc1)C(C)=O. The van der Waals surface area contributed by atoms with Crippen LogP contribution in [0.15, 0.2) is 24.3 Å². The number of ether oxygens (including phenoxy) is 1. The van der Waals surface area contributed by atoms with Gasteiger partial charge in [0.25, 0.3) is 0 Å². The Labute approximate surface area is 132 Å². The van der Waals surface area contributed by atoms with Crippen molar-refractivity contribution in [1.82, 2.24) is 4.90 Å². The largest absolute Gasteiger partial charge is 0.494 e. The molecule has 5 heteroatoms. The Hall–Kier alpha value is -2.04. The number of amides is 2. The van der Waals surface area contributed by atoms with E-state index in [-0.39, 0.29) is 11.8 Å². The van der Waals surface area contributed by atoms with Crippen molar-refractivity contribution in [1.29, 1.82) is 0 Å². The highest BCUT2D eigenvalue weighted by molar-refractivity contribution is 5.91. The zero-order chi connectivity index (χ0) is 16.4. The molecule has 0 aliphatic heterocycles. The quantitative estimate of drug-likeness (QED) is 0.763. The van der Waals surface area contributed by atoms with Gasteiger partial charge in [0.15, 0.2) is 0 Å². The number of hydrogen-bond acceptors (Lipinski definition) is 3. The normalized spacial score (nSPS) is 10.1. The Morgan fingerprint density at radius 1 is 1.14 bits per heavy atom. The number of carbonyl (C=O) groups is 2. The van der Waals surface area contributed by atoms with Gasteiger partial charge in [0, 0.05) is 32.1 Å².